The van der Waals surface area contributed by atoms with Gasteiger partial charge in [-0.3, -0.25) is 19.7 Å². The number of unbranched alkanes of at least 4 members (excludes halogenated alkanes) is 1. The summed E-state index contributed by atoms with van der Waals surface area (Å²) in [6.45, 7) is 4.32. The highest BCUT2D eigenvalue weighted by Gasteiger charge is 2.17. The Balaban J connectivity index is 1.72. The summed E-state index contributed by atoms with van der Waals surface area (Å²) in [5, 5.41) is 10.9. The van der Waals surface area contributed by atoms with E-state index in [1.54, 1.807) is 23.6 Å². The van der Waals surface area contributed by atoms with Crippen molar-refractivity contribution in [2.75, 3.05) is 0 Å². The van der Waals surface area contributed by atoms with E-state index < -0.39 is 17.0 Å². The SMILES string of the molecule is CCCCn1c(=O)c(CCC(=O)O[C@H](C)c2cccc([N+](=O)[O-])c2)nc2ccccc21. The molecular formula is C23H25N3O5. The molecule has 1 aromatic heterocycles. The van der Waals surface area contributed by atoms with Crippen LogP contribution in [0.5, 0.6) is 0 Å². The van der Waals surface area contributed by atoms with Gasteiger partial charge >= 0.3 is 5.97 Å². The zero-order valence-electron chi connectivity index (χ0n) is 17.6. The van der Waals surface area contributed by atoms with E-state index in [0.29, 0.717) is 23.3 Å². The fourth-order valence-corrected chi connectivity index (χ4v) is 3.38. The van der Waals surface area contributed by atoms with E-state index in [-0.39, 0.29) is 24.1 Å². The Morgan fingerprint density at radius 2 is 2.00 bits per heavy atom. The van der Waals surface area contributed by atoms with Gasteiger partial charge in [0, 0.05) is 25.1 Å². The number of aryl methyl sites for hydroxylation is 2. The lowest BCUT2D eigenvalue weighted by Gasteiger charge is -2.14. The van der Waals surface area contributed by atoms with Crippen LogP contribution in [0.3, 0.4) is 0 Å². The number of non-ortho nitro benzene ring substituents is 1. The second kappa shape index (κ2) is 9.97. The minimum atomic E-state index is -0.641. The third kappa shape index (κ3) is 5.33. The number of nitro groups is 1. The molecule has 0 amide bonds. The van der Waals surface area contributed by atoms with E-state index in [4.69, 9.17) is 4.74 Å². The molecule has 3 rings (SSSR count). The number of hydrogen-bond donors (Lipinski definition) is 0. The van der Waals surface area contributed by atoms with E-state index in [1.165, 1.54) is 12.1 Å². The molecule has 1 heterocycles. The van der Waals surface area contributed by atoms with Gasteiger partial charge in [-0.15, -0.1) is 0 Å². The van der Waals surface area contributed by atoms with Crippen molar-refractivity contribution >= 4 is 22.7 Å². The van der Waals surface area contributed by atoms with Crippen LogP contribution in [0, 0.1) is 10.1 Å². The molecule has 0 radical (unpaired) electrons. The number of fused-ring (bicyclic) bond motifs is 1. The Bertz CT molecular complexity index is 1160. The molecule has 0 saturated heterocycles. The molecule has 0 aliphatic carbocycles. The standard InChI is InChI=1S/C23H25N3O5/c1-3-4-14-25-21-11-6-5-10-19(21)24-20(23(25)28)12-13-22(27)31-16(2)17-8-7-9-18(15-17)26(29)30/h5-11,15-16H,3-4,12-14H2,1-2H3/t16-/m1/s1. The molecule has 0 spiro atoms. The van der Waals surface area contributed by atoms with Crippen molar-refractivity contribution in [3.05, 3.63) is 80.3 Å². The molecule has 0 saturated carbocycles. The number of benzene rings is 2. The second-order valence-corrected chi connectivity index (χ2v) is 7.34. The molecule has 31 heavy (non-hydrogen) atoms. The van der Waals surface area contributed by atoms with Crippen LogP contribution in [0.2, 0.25) is 0 Å². The fraction of sp³-hybridized carbons (Fsp3) is 0.348. The second-order valence-electron chi connectivity index (χ2n) is 7.34. The summed E-state index contributed by atoms with van der Waals surface area (Å²) in [7, 11) is 0. The van der Waals surface area contributed by atoms with Crippen LogP contribution in [-0.4, -0.2) is 20.4 Å². The van der Waals surface area contributed by atoms with Crippen LogP contribution < -0.4 is 5.56 Å². The van der Waals surface area contributed by atoms with Crippen molar-refractivity contribution in [1.82, 2.24) is 9.55 Å². The summed E-state index contributed by atoms with van der Waals surface area (Å²) in [5.74, 6) is -0.492. The number of aromatic nitrogens is 2. The third-order valence-corrected chi connectivity index (χ3v) is 5.08. The first kappa shape index (κ1) is 22.1. The smallest absolute Gasteiger partial charge is 0.306 e. The Labute approximate surface area is 179 Å². The lowest BCUT2D eigenvalue weighted by atomic mass is 10.1. The number of ether oxygens (including phenoxy) is 1. The molecule has 8 nitrogen and oxygen atoms in total. The van der Waals surface area contributed by atoms with Gasteiger partial charge in [-0.2, -0.15) is 0 Å². The number of para-hydroxylation sites is 2. The van der Waals surface area contributed by atoms with Gasteiger partial charge in [-0.05, 0) is 31.0 Å². The van der Waals surface area contributed by atoms with Crippen molar-refractivity contribution in [1.29, 1.82) is 0 Å². The minimum Gasteiger partial charge on any atom is -0.458 e. The Morgan fingerprint density at radius 3 is 2.74 bits per heavy atom. The van der Waals surface area contributed by atoms with Gasteiger partial charge < -0.3 is 9.30 Å². The number of rotatable bonds is 9. The minimum absolute atomic E-state index is 0.00632. The summed E-state index contributed by atoms with van der Waals surface area (Å²) in [4.78, 5) is 40.2. The highest BCUT2D eigenvalue weighted by molar-refractivity contribution is 5.75. The molecule has 2 aromatic carbocycles. The van der Waals surface area contributed by atoms with Gasteiger partial charge in [0.1, 0.15) is 11.8 Å². The van der Waals surface area contributed by atoms with Gasteiger partial charge in [0.25, 0.3) is 11.2 Å². The first-order chi connectivity index (χ1) is 14.9. The average Bonchev–Trinajstić information content (AvgIpc) is 2.77. The first-order valence-electron chi connectivity index (χ1n) is 10.3. The molecule has 0 bridgehead atoms. The average molecular weight is 423 g/mol. The molecule has 8 heteroatoms. The molecule has 0 aliphatic heterocycles. The quantitative estimate of drug-likeness (QED) is 0.288. The van der Waals surface area contributed by atoms with Crippen LogP contribution in [0.4, 0.5) is 5.69 Å². The molecule has 0 N–H and O–H groups in total. The number of hydrogen-bond acceptors (Lipinski definition) is 6. The number of carbonyl (C=O) groups is 1. The summed E-state index contributed by atoms with van der Waals surface area (Å²) in [5.41, 5.74) is 2.11. The normalized spacial score (nSPS) is 11.9. The van der Waals surface area contributed by atoms with Gasteiger partial charge in [-0.1, -0.05) is 37.6 Å². The largest absolute Gasteiger partial charge is 0.458 e. The molecular weight excluding hydrogens is 398 g/mol. The molecule has 1 atom stereocenters. The summed E-state index contributed by atoms with van der Waals surface area (Å²) < 4.78 is 7.14. The van der Waals surface area contributed by atoms with E-state index >= 15 is 0 Å². The van der Waals surface area contributed by atoms with Crippen molar-refractivity contribution in [2.45, 2.75) is 52.2 Å². The summed E-state index contributed by atoms with van der Waals surface area (Å²) in [6, 6.07) is 13.4. The van der Waals surface area contributed by atoms with Crippen LogP contribution in [0.15, 0.2) is 53.3 Å². The number of nitro benzene ring substituents is 1. The zero-order chi connectivity index (χ0) is 22.4. The van der Waals surface area contributed by atoms with E-state index in [2.05, 4.69) is 11.9 Å². The Morgan fingerprint density at radius 1 is 1.23 bits per heavy atom. The Hall–Kier alpha value is -3.55. The van der Waals surface area contributed by atoms with Crippen molar-refractivity contribution < 1.29 is 14.5 Å². The van der Waals surface area contributed by atoms with Crippen molar-refractivity contribution in [2.24, 2.45) is 0 Å². The number of carbonyl (C=O) groups excluding carboxylic acids is 1. The number of nitrogens with zero attached hydrogens (tertiary/aromatic N) is 3. The molecule has 0 unspecified atom stereocenters. The monoisotopic (exact) mass is 423 g/mol. The van der Waals surface area contributed by atoms with Gasteiger partial charge in [-0.25, -0.2) is 4.98 Å². The highest BCUT2D eigenvalue weighted by atomic mass is 16.6. The van der Waals surface area contributed by atoms with Crippen LogP contribution in [0.1, 0.15) is 50.5 Å². The molecule has 162 valence electrons. The van der Waals surface area contributed by atoms with Gasteiger partial charge in [0.05, 0.1) is 22.4 Å². The van der Waals surface area contributed by atoms with Crippen LogP contribution >= 0.6 is 0 Å². The molecule has 0 aliphatic rings. The maximum atomic E-state index is 12.9. The first-order valence-corrected chi connectivity index (χ1v) is 10.3. The predicted molar refractivity (Wildman–Crippen MR) is 117 cm³/mol. The van der Waals surface area contributed by atoms with Crippen molar-refractivity contribution in [3.8, 4) is 0 Å². The van der Waals surface area contributed by atoms with Gasteiger partial charge in [0.2, 0.25) is 0 Å². The molecule has 3 aromatic rings. The van der Waals surface area contributed by atoms with E-state index in [1.807, 2.05) is 24.3 Å². The van der Waals surface area contributed by atoms with Crippen molar-refractivity contribution in [3.63, 3.8) is 0 Å². The summed E-state index contributed by atoms with van der Waals surface area (Å²) in [6.07, 6.45) is 1.35. The van der Waals surface area contributed by atoms with Crippen LogP contribution in [-0.2, 0) is 22.5 Å². The maximum Gasteiger partial charge on any atom is 0.306 e. The predicted octanol–water partition coefficient (Wildman–Crippen LogP) is 4.34. The lowest BCUT2D eigenvalue weighted by Crippen LogP contribution is -2.26. The van der Waals surface area contributed by atoms with E-state index in [0.717, 1.165) is 18.4 Å². The van der Waals surface area contributed by atoms with Gasteiger partial charge in [0.15, 0.2) is 0 Å². The zero-order valence-corrected chi connectivity index (χ0v) is 17.6. The fourth-order valence-electron chi connectivity index (χ4n) is 3.38. The van der Waals surface area contributed by atoms with E-state index in [9.17, 15) is 19.7 Å². The van der Waals surface area contributed by atoms with Crippen LogP contribution in [0.25, 0.3) is 11.0 Å². The lowest BCUT2D eigenvalue weighted by molar-refractivity contribution is -0.385. The maximum absolute atomic E-state index is 12.9. The third-order valence-electron chi connectivity index (χ3n) is 5.08. The Kier molecular flexibility index (Phi) is 7.12. The topological polar surface area (TPSA) is 104 Å². The molecule has 0 fully saturated rings. The summed E-state index contributed by atoms with van der Waals surface area (Å²) >= 11 is 0. The number of esters is 1. The highest BCUT2D eigenvalue weighted by Crippen LogP contribution is 2.22.